The van der Waals surface area contributed by atoms with Gasteiger partial charge in [0.15, 0.2) is 0 Å². The van der Waals surface area contributed by atoms with Crippen LogP contribution < -0.4 is 5.32 Å². The van der Waals surface area contributed by atoms with Crippen LogP contribution in [0.1, 0.15) is 29.5 Å². The van der Waals surface area contributed by atoms with Crippen molar-refractivity contribution in [1.29, 1.82) is 0 Å². The first-order valence-electron chi connectivity index (χ1n) is 8.87. The highest BCUT2D eigenvalue weighted by Crippen LogP contribution is 2.23. The lowest BCUT2D eigenvalue weighted by Crippen LogP contribution is -2.40. The lowest BCUT2D eigenvalue weighted by atomic mass is 9.96. The molecule has 0 saturated carbocycles. The fraction of sp³-hybridized carbons (Fsp3) is 0.381. The number of benzene rings is 2. The van der Waals surface area contributed by atoms with Crippen LogP contribution in [0.4, 0.5) is 5.69 Å². The van der Waals surface area contributed by atoms with Gasteiger partial charge in [-0.25, -0.2) is 0 Å². The van der Waals surface area contributed by atoms with E-state index < -0.39 is 0 Å². The van der Waals surface area contributed by atoms with Crippen molar-refractivity contribution in [3.63, 3.8) is 0 Å². The lowest BCUT2D eigenvalue weighted by Gasteiger charge is -2.32. The van der Waals surface area contributed by atoms with Crippen LogP contribution in [0.25, 0.3) is 0 Å². The number of anilines is 1. The van der Waals surface area contributed by atoms with Gasteiger partial charge in [0.2, 0.25) is 5.91 Å². The number of nitrogens with zero attached hydrogens (tertiary/aromatic N) is 1. The summed E-state index contributed by atoms with van der Waals surface area (Å²) in [6.45, 7) is 7.00. The molecule has 1 aliphatic rings. The van der Waals surface area contributed by atoms with Crippen LogP contribution in [-0.4, -0.2) is 23.9 Å². The van der Waals surface area contributed by atoms with Crippen LogP contribution in [0.15, 0.2) is 46.9 Å². The molecule has 1 fully saturated rings. The first kappa shape index (κ1) is 18.2. The summed E-state index contributed by atoms with van der Waals surface area (Å²) in [4.78, 5) is 15.1. The van der Waals surface area contributed by atoms with E-state index in [4.69, 9.17) is 0 Å². The number of hydrogen-bond donors (Lipinski definition) is 1. The number of halogens is 1. The van der Waals surface area contributed by atoms with Crippen molar-refractivity contribution >= 4 is 27.5 Å². The summed E-state index contributed by atoms with van der Waals surface area (Å²) in [6, 6.07) is 14.4. The fourth-order valence-corrected chi connectivity index (χ4v) is 3.65. The Labute approximate surface area is 158 Å². The summed E-state index contributed by atoms with van der Waals surface area (Å²) >= 11 is 3.50. The van der Waals surface area contributed by atoms with E-state index in [-0.39, 0.29) is 11.8 Å². The van der Waals surface area contributed by atoms with Gasteiger partial charge in [-0.2, -0.15) is 0 Å². The summed E-state index contributed by atoms with van der Waals surface area (Å²) in [6.07, 6.45) is 2.04. The van der Waals surface area contributed by atoms with Crippen molar-refractivity contribution in [2.24, 2.45) is 5.92 Å². The van der Waals surface area contributed by atoms with Crippen LogP contribution in [0.5, 0.6) is 0 Å². The maximum atomic E-state index is 12.7. The van der Waals surface area contributed by atoms with Gasteiger partial charge in [0.05, 0.1) is 5.92 Å². The summed E-state index contributed by atoms with van der Waals surface area (Å²) < 4.78 is 1.06. The Balaban J connectivity index is 1.61. The molecule has 1 amide bonds. The Kier molecular flexibility index (Phi) is 5.92. The van der Waals surface area contributed by atoms with Crippen LogP contribution in [0.3, 0.4) is 0 Å². The quantitative estimate of drug-likeness (QED) is 0.789. The molecule has 1 unspecified atom stereocenters. The molecule has 0 aromatic heterocycles. The minimum Gasteiger partial charge on any atom is -0.326 e. The standard InChI is InChI=1S/C21H25BrN2O/c1-15-6-3-4-7-17(15)13-24-11-5-8-18(14-24)21(25)23-19-9-10-20(22)16(2)12-19/h3-4,6-7,9-10,12,18H,5,8,11,13-14H2,1-2H3,(H,23,25). The maximum Gasteiger partial charge on any atom is 0.228 e. The molecule has 2 aromatic rings. The van der Waals surface area contributed by atoms with Crippen LogP contribution in [0, 0.1) is 19.8 Å². The second-order valence-electron chi connectivity index (χ2n) is 6.95. The molecule has 1 saturated heterocycles. The molecule has 1 atom stereocenters. The van der Waals surface area contributed by atoms with Crippen molar-refractivity contribution in [3.8, 4) is 0 Å². The van der Waals surface area contributed by atoms with Crippen LogP contribution in [-0.2, 0) is 11.3 Å². The molecule has 4 heteroatoms. The van der Waals surface area contributed by atoms with E-state index in [9.17, 15) is 4.79 Å². The third-order valence-electron chi connectivity index (χ3n) is 4.96. The SMILES string of the molecule is Cc1cc(NC(=O)C2CCCN(Cc3ccccc3C)C2)ccc1Br. The van der Waals surface area contributed by atoms with Gasteiger partial charge in [-0.15, -0.1) is 0 Å². The number of likely N-dealkylation sites (tertiary alicyclic amines) is 1. The number of piperidine rings is 1. The van der Waals surface area contributed by atoms with Crippen molar-refractivity contribution in [2.45, 2.75) is 33.2 Å². The molecule has 3 nitrogen and oxygen atoms in total. The smallest absolute Gasteiger partial charge is 0.228 e. The summed E-state index contributed by atoms with van der Waals surface area (Å²) in [7, 11) is 0. The van der Waals surface area contributed by atoms with Gasteiger partial charge < -0.3 is 5.32 Å². The Morgan fingerprint density at radius 2 is 2.00 bits per heavy atom. The highest BCUT2D eigenvalue weighted by molar-refractivity contribution is 9.10. The van der Waals surface area contributed by atoms with E-state index in [1.165, 1.54) is 11.1 Å². The topological polar surface area (TPSA) is 32.3 Å². The van der Waals surface area contributed by atoms with Gasteiger partial charge in [0.1, 0.15) is 0 Å². The zero-order valence-electron chi connectivity index (χ0n) is 14.9. The first-order chi connectivity index (χ1) is 12.0. The van der Waals surface area contributed by atoms with Gasteiger partial charge in [-0.3, -0.25) is 9.69 Å². The third kappa shape index (κ3) is 4.71. The molecule has 1 heterocycles. The van der Waals surface area contributed by atoms with E-state index >= 15 is 0 Å². The predicted molar refractivity (Wildman–Crippen MR) is 107 cm³/mol. The monoisotopic (exact) mass is 400 g/mol. The largest absolute Gasteiger partial charge is 0.326 e. The van der Waals surface area contributed by atoms with Crippen LogP contribution >= 0.6 is 15.9 Å². The van der Waals surface area contributed by atoms with Gasteiger partial charge in [0, 0.05) is 23.2 Å². The molecule has 1 aliphatic heterocycles. The zero-order chi connectivity index (χ0) is 17.8. The molecule has 2 aromatic carbocycles. The lowest BCUT2D eigenvalue weighted by molar-refractivity contribution is -0.121. The maximum absolute atomic E-state index is 12.7. The molecule has 0 aliphatic carbocycles. The summed E-state index contributed by atoms with van der Waals surface area (Å²) in [5, 5.41) is 3.09. The van der Waals surface area contributed by atoms with Crippen molar-refractivity contribution in [2.75, 3.05) is 18.4 Å². The second-order valence-corrected chi connectivity index (χ2v) is 7.81. The number of carbonyl (C=O) groups excluding carboxylic acids is 1. The average Bonchev–Trinajstić information content (AvgIpc) is 2.60. The number of hydrogen-bond acceptors (Lipinski definition) is 2. The van der Waals surface area contributed by atoms with E-state index in [0.29, 0.717) is 0 Å². The Morgan fingerprint density at radius 3 is 2.76 bits per heavy atom. The van der Waals surface area contributed by atoms with Gasteiger partial charge in [-0.1, -0.05) is 40.2 Å². The Morgan fingerprint density at radius 1 is 1.20 bits per heavy atom. The molecule has 132 valence electrons. The number of nitrogens with one attached hydrogen (secondary N) is 1. The fourth-order valence-electron chi connectivity index (χ4n) is 3.41. The number of rotatable bonds is 4. The third-order valence-corrected chi connectivity index (χ3v) is 5.85. The average molecular weight is 401 g/mol. The Bertz CT molecular complexity index is 759. The van der Waals surface area contributed by atoms with Crippen molar-refractivity contribution in [1.82, 2.24) is 4.90 Å². The molecule has 0 spiro atoms. The number of amides is 1. The van der Waals surface area contributed by atoms with Crippen LogP contribution in [0.2, 0.25) is 0 Å². The van der Waals surface area contributed by atoms with Gasteiger partial charge >= 0.3 is 0 Å². The molecular formula is C21H25BrN2O. The second kappa shape index (κ2) is 8.15. The van der Waals surface area contributed by atoms with E-state index in [1.54, 1.807) is 0 Å². The summed E-state index contributed by atoms with van der Waals surface area (Å²) in [5.74, 6) is 0.193. The highest BCUT2D eigenvalue weighted by Gasteiger charge is 2.26. The molecule has 25 heavy (non-hydrogen) atoms. The minimum absolute atomic E-state index is 0.0571. The van der Waals surface area contributed by atoms with Gasteiger partial charge in [0.25, 0.3) is 0 Å². The number of carbonyl (C=O) groups is 1. The van der Waals surface area contributed by atoms with E-state index in [1.807, 2.05) is 25.1 Å². The van der Waals surface area contributed by atoms with Crippen molar-refractivity contribution in [3.05, 3.63) is 63.6 Å². The normalized spacial score (nSPS) is 18.1. The molecular weight excluding hydrogens is 376 g/mol. The zero-order valence-corrected chi connectivity index (χ0v) is 16.5. The van der Waals surface area contributed by atoms with Gasteiger partial charge in [-0.05, 0) is 68.1 Å². The molecule has 3 rings (SSSR count). The molecule has 0 bridgehead atoms. The molecule has 0 radical (unpaired) electrons. The predicted octanol–water partition coefficient (Wildman–Crippen LogP) is 4.92. The number of aryl methyl sites for hydroxylation is 2. The highest BCUT2D eigenvalue weighted by atomic mass is 79.9. The summed E-state index contributed by atoms with van der Waals surface area (Å²) in [5.41, 5.74) is 4.68. The molecule has 1 N–H and O–H groups in total. The first-order valence-corrected chi connectivity index (χ1v) is 9.66. The minimum atomic E-state index is 0.0571. The van der Waals surface area contributed by atoms with E-state index in [0.717, 1.165) is 48.2 Å². The van der Waals surface area contributed by atoms with E-state index in [2.05, 4.69) is 57.3 Å². The Hall–Kier alpha value is -1.65. The van der Waals surface area contributed by atoms with Crippen molar-refractivity contribution < 1.29 is 4.79 Å².